The Morgan fingerprint density at radius 2 is 2.30 bits per heavy atom. The zero-order valence-electron chi connectivity index (χ0n) is 10.8. The summed E-state index contributed by atoms with van der Waals surface area (Å²) < 4.78 is 1.28. The number of rotatable bonds is 5. The van der Waals surface area contributed by atoms with Gasteiger partial charge in [0.15, 0.2) is 0 Å². The van der Waals surface area contributed by atoms with Gasteiger partial charge in [0, 0.05) is 18.2 Å². The van der Waals surface area contributed by atoms with Gasteiger partial charge < -0.3 is 5.32 Å². The lowest BCUT2D eigenvalue weighted by Crippen LogP contribution is -2.24. The lowest BCUT2D eigenvalue weighted by Gasteiger charge is -2.06. The standard InChI is InChI=1S/C12H13N5O3/c1-2-5-14-12(18)9-3-4-10(11(6-9)17(19)20)16-8-13-7-15-16/h3-4,6-8H,2,5H2,1H3,(H,14,18). The molecule has 104 valence electrons. The van der Waals surface area contributed by atoms with Crippen LogP contribution < -0.4 is 5.32 Å². The van der Waals surface area contributed by atoms with E-state index in [2.05, 4.69) is 15.4 Å². The van der Waals surface area contributed by atoms with Crippen LogP contribution in [0.4, 0.5) is 5.69 Å². The summed E-state index contributed by atoms with van der Waals surface area (Å²) in [5.41, 5.74) is 0.313. The van der Waals surface area contributed by atoms with Crippen molar-refractivity contribution in [2.45, 2.75) is 13.3 Å². The van der Waals surface area contributed by atoms with E-state index in [-0.39, 0.29) is 22.8 Å². The third-order valence-corrected chi connectivity index (χ3v) is 2.64. The van der Waals surface area contributed by atoms with E-state index in [9.17, 15) is 14.9 Å². The summed E-state index contributed by atoms with van der Waals surface area (Å²) in [5.74, 6) is -0.333. The highest BCUT2D eigenvalue weighted by atomic mass is 16.6. The number of carbonyl (C=O) groups is 1. The Kier molecular flexibility index (Phi) is 4.04. The van der Waals surface area contributed by atoms with Crippen LogP contribution in [0.1, 0.15) is 23.7 Å². The van der Waals surface area contributed by atoms with Gasteiger partial charge >= 0.3 is 0 Å². The van der Waals surface area contributed by atoms with Gasteiger partial charge in [0.1, 0.15) is 18.3 Å². The topological polar surface area (TPSA) is 103 Å². The number of hydrogen-bond acceptors (Lipinski definition) is 5. The Balaban J connectivity index is 2.38. The number of nitro groups is 1. The molecule has 2 aromatic rings. The molecule has 1 heterocycles. The van der Waals surface area contributed by atoms with Crippen LogP contribution >= 0.6 is 0 Å². The van der Waals surface area contributed by atoms with Gasteiger partial charge in [-0.1, -0.05) is 6.92 Å². The molecule has 0 aliphatic heterocycles. The second-order valence-corrected chi connectivity index (χ2v) is 4.06. The maximum Gasteiger partial charge on any atom is 0.295 e. The zero-order chi connectivity index (χ0) is 14.5. The molecule has 2 rings (SSSR count). The molecule has 1 amide bonds. The van der Waals surface area contributed by atoms with Gasteiger partial charge in [-0.3, -0.25) is 14.9 Å². The van der Waals surface area contributed by atoms with E-state index >= 15 is 0 Å². The van der Waals surface area contributed by atoms with E-state index in [1.54, 1.807) is 0 Å². The molecular formula is C12H13N5O3. The second kappa shape index (κ2) is 5.91. The molecule has 0 saturated carbocycles. The molecule has 0 radical (unpaired) electrons. The van der Waals surface area contributed by atoms with Crippen molar-refractivity contribution in [3.63, 3.8) is 0 Å². The Labute approximate surface area is 114 Å². The maximum atomic E-state index is 11.8. The van der Waals surface area contributed by atoms with Gasteiger partial charge in [-0.2, -0.15) is 5.10 Å². The van der Waals surface area contributed by atoms with Crippen molar-refractivity contribution >= 4 is 11.6 Å². The first-order chi connectivity index (χ1) is 9.63. The SMILES string of the molecule is CCCNC(=O)c1ccc(-n2cncn2)c([N+](=O)[O-])c1. The lowest BCUT2D eigenvalue weighted by atomic mass is 10.1. The normalized spacial score (nSPS) is 10.2. The first kappa shape index (κ1) is 13.7. The minimum absolute atomic E-state index is 0.195. The van der Waals surface area contributed by atoms with E-state index in [0.717, 1.165) is 6.42 Å². The number of benzene rings is 1. The number of nitrogens with zero attached hydrogens (tertiary/aromatic N) is 4. The summed E-state index contributed by atoms with van der Waals surface area (Å²) in [5, 5.41) is 17.6. The number of nitro benzene ring substituents is 1. The van der Waals surface area contributed by atoms with Crippen LogP contribution in [-0.2, 0) is 0 Å². The minimum atomic E-state index is -0.548. The van der Waals surface area contributed by atoms with Crippen molar-refractivity contribution in [1.29, 1.82) is 0 Å². The molecule has 20 heavy (non-hydrogen) atoms. The fourth-order valence-corrected chi connectivity index (χ4v) is 1.68. The fraction of sp³-hybridized carbons (Fsp3) is 0.250. The van der Waals surface area contributed by atoms with Crippen LogP contribution in [0.5, 0.6) is 0 Å². The van der Waals surface area contributed by atoms with Crippen LogP contribution in [0.25, 0.3) is 5.69 Å². The number of aromatic nitrogens is 3. The van der Waals surface area contributed by atoms with Gasteiger partial charge in [0.05, 0.1) is 4.92 Å². The Bertz CT molecular complexity index is 624. The Hall–Kier alpha value is -2.77. The Morgan fingerprint density at radius 3 is 2.90 bits per heavy atom. The molecule has 8 nitrogen and oxygen atoms in total. The smallest absolute Gasteiger partial charge is 0.295 e. The molecule has 0 aliphatic rings. The van der Waals surface area contributed by atoms with Crippen LogP contribution in [0.15, 0.2) is 30.9 Å². The highest BCUT2D eigenvalue weighted by Gasteiger charge is 2.19. The molecule has 8 heteroatoms. The second-order valence-electron chi connectivity index (χ2n) is 4.06. The quantitative estimate of drug-likeness (QED) is 0.654. The van der Waals surface area contributed by atoms with Crippen molar-refractivity contribution in [3.05, 3.63) is 46.5 Å². The molecule has 0 atom stereocenters. The molecule has 1 aromatic heterocycles. The molecule has 0 unspecified atom stereocenters. The van der Waals surface area contributed by atoms with Crippen molar-refractivity contribution in [1.82, 2.24) is 20.1 Å². The fourth-order valence-electron chi connectivity index (χ4n) is 1.68. The predicted octanol–water partition coefficient (Wildman–Crippen LogP) is 1.32. The van der Waals surface area contributed by atoms with Crippen molar-refractivity contribution in [2.75, 3.05) is 6.54 Å². The van der Waals surface area contributed by atoms with Crippen molar-refractivity contribution < 1.29 is 9.72 Å². The summed E-state index contributed by atoms with van der Waals surface area (Å²) in [6.45, 7) is 2.45. The van der Waals surface area contributed by atoms with Crippen LogP contribution in [0.2, 0.25) is 0 Å². The number of amides is 1. The first-order valence-corrected chi connectivity index (χ1v) is 6.05. The van der Waals surface area contributed by atoms with E-state index in [1.165, 1.54) is 35.5 Å². The van der Waals surface area contributed by atoms with Gasteiger partial charge in [0.25, 0.3) is 11.6 Å². The molecule has 0 spiro atoms. The van der Waals surface area contributed by atoms with Gasteiger partial charge in [0.2, 0.25) is 0 Å². The molecule has 0 bridgehead atoms. The lowest BCUT2D eigenvalue weighted by molar-refractivity contribution is -0.384. The summed E-state index contributed by atoms with van der Waals surface area (Å²) in [4.78, 5) is 26.1. The average molecular weight is 275 g/mol. The largest absolute Gasteiger partial charge is 0.352 e. The van der Waals surface area contributed by atoms with Crippen LogP contribution in [0.3, 0.4) is 0 Å². The van der Waals surface area contributed by atoms with E-state index in [4.69, 9.17) is 0 Å². The van der Waals surface area contributed by atoms with Gasteiger partial charge in [-0.25, -0.2) is 9.67 Å². The van der Waals surface area contributed by atoms with E-state index in [1.807, 2.05) is 6.92 Å². The summed E-state index contributed by atoms with van der Waals surface area (Å²) in [6.07, 6.45) is 3.44. The van der Waals surface area contributed by atoms with Crippen molar-refractivity contribution in [3.8, 4) is 5.69 Å². The Morgan fingerprint density at radius 1 is 1.50 bits per heavy atom. The third-order valence-electron chi connectivity index (χ3n) is 2.64. The van der Waals surface area contributed by atoms with Crippen LogP contribution in [-0.4, -0.2) is 32.1 Å². The van der Waals surface area contributed by atoms with Crippen molar-refractivity contribution in [2.24, 2.45) is 0 Å². The third kappa shape index (κ3) is 2.79. The minimum Gasteiger partial charge on any atom is -0.352 e. The molecule has 0 fully saturated rings. The zero-order valence-corrected chi connectivity index (χ0v) is 10.8. The van der Waals surface area contributed by atoms with E-state index < -0.39 is 4.92 Å². The summed E-state index contributed by atoms with van der Waals surface area (Å²) in [6, 6.07) is 4.24. The number of nitrogens with one attached hydrogen (secondary N) is 1. The predicted molar refractivity (Wildman–Crippen MR) is 70.6 cm³/mol. The monoisotopic (exact) mass is 275 g/mol. The van der Waals surface area contributed by atoms with E-state index in [0.29, 0.717) is 6.54 Å². The molecular weight excluding hydrogens is 262 g/mol. The first-order valence-electron chi connectivity index (χ1n) is 6.05. The highest BCUT2D eigenvalue weighted by molar-refractivity contribution is 5.95. The number of carbonyl (C=O) groups excluding carboxylic acids is 1. The molecule has 1 aromatic carbocycles. The molecule has 1 N–H and O–H groups in total. The average Bonchev–Trinajstić information content (AvgIpc) is 2.98. The summed E-state index contributed by atoms with van der Waals surface area (Å²) >= 11 is 0. The molecule has 0 saturated heterocycles. The highest BCUT2D eigenvalue weighted by Crippen LogP contribution is 2.23. The van der Waals surface area contributed by atoms with Crippen LogP contribution in [0, 0.1) is 10.1 Å². The van der Waals surface area contributed by atoms with Gasteiger partial charge in [-0.05, 0) is 18.6 Å². The molecule has 0 aliphatic carbocycles. The number of hydrogen-bond donors (Lipinski definition) is 1. The van der Waals surface area contributed by atoms with Gasteiger partial charge in [-0.15, -0.1) is 0 Å². The summed E-state index contributed by atoms with van der Waals surface area (Å²) in [7, 11) is 0. The maximum absolute atomic E-state index is 11.8.